The maximum atomic E-state index is 11.1. The number of nitrogens with two attached hydrogens (primary N) is 1. The molecule has 0 unspecified atom stereocenters. The summed E-state index contributed by atoms with van der Waals surface area (Å²) in [5.41, 5.74) is 6.98. The number of hydrogen-bond donors (Lipinski definition) is 2. The van der Waals surface area contributed by atoms with Crippen LogP contribution in [0.1, 0.15) is 24.4 Å². The van der Waals surface area contributed by atoms with Crippen molar-refractivity contribution in [3.63, 3.8) is 0 Å². The van der Waals surface area contributed by atoms with Crippen molar-refractivity contribution in [1.29, 1.82) is 0 Å². The van der Waals surface area contributed by atoms with Gasteiger partial charge < -0.3 is 15.7 Å². The standard InChI is InChI=1S/C12H17N3O3/c13-10(8-16)9-3-4-11(12(7-9)15(17)18)14-5-1-2-6-14/h3-4,7,10,16H,1-2,5-6,8,13H2/t10-/m0/s1. The third-order valence-corrected chi connectivity index (χ3v) is 3.27. The van der Waals surface area contributed by atoms with Gasteiger partial charge in [0.2, 0.25) is 0 Å². The van der Waals surface area contributed by atoms with E-state index in [4.69, 9.17) is 10.8 Å². The first-order chi connectivity index (χ1) is 8.63. The average molecular weight is 251 g/mol. The normalized spacial score (nSPS) is 16.9. The average Bonchev–Trinajstić information content (AvgIpc) is 2.90. The maximum absolute atomic E-state index is 11.1. The van der Waals surface area contributed by atoms with Gasteiger partial charge in [-0.2, -0.15) is 0 Å². The van der Waals surface area contributed by atoms with E-state index < -0.39 is 6.04 Å². The summed E-state index contributed by atoms with van der Waals surface area (Å²) in [7, 11) is 0. The molecule has 6 heteroatoms. The van der Waals surface area contributed by atoms with Crippen LogP contribution in [0.4, 0.5) is 11.4 Å². The minimum Gasteiger partial charge on any atom is -0.394 e. The quantitative estimate of drug-likeness (QED) is 0.619. The summed E-state index contributed by atoms with van der Waals surface area (Å²) >= 11 is 0. The van der Waals surface area contributed by atoms with E-state index in [1.54, 1.807) is 12.1 Å². The van der Waals surface area contributed by atoms with Gasteiger partial charge in [-0.3, -0.25) is 10.1 Å². The first-order valence-electron chi connectivity index (χ1n) is 6.03. The van der Waals surface area contributed by atoms with Crippen LogP contribution in [-0.2, 0) is 0 Å². The van der Waals surface area contributed by atoms with E-state index in [2.05, 4.69) is 0 Å². The molecule has 0 saturated carbocycles. The Morgan fingerprint density at radius 3 is 2.67 bits per heavy atom. The zero-order valence-corrected chi connectivity index (χ0v) is 10.1. The van der Waals surface area contributed by atoms with E-state index >= 15 is 0 Å². The molecule has 2 rings (SSSR count). The second kappa shape index (κ2) is 5.32. The topological polar surface area (TPSA) is 92.6 Å². The van der Waals surface area contributed by atoms with E-state index in [9.17, 15) is 10.1 Å². The second-order valence-corrected chi connectivity index (χ2v) is 4.49. The predicted molar refractivity (Wildman–Crippen MR) is 68.6 cm³/mol. The SMILES string of the molecule is N[C@@H](CO)c1ccc(N2CCCC2)c([N+](=O)[O-])c1. The number of hydrogen-bond acceptors (Lipinski definition) is 5. The molecule has 0 radical (unpaired) electrons. The Kier molecular flexibility index (Phi) is 3.78. The molecule has 1 aromatic rings. The third kappa shape index (κ3) is 2.44. The van der Waals surface area contributed by atoms with Crippen LogP contribution in [0.3, 0.4) is 0 Å². The van der Waals surface area contributed by atoms with Gasteiger partial charge in [0.25, 0.3) is 5.69 Å². The van der Waals surface area contributed by atoms with Crippen molar-refractivity contribution in [2.45, 2.75) is 18.9 Å². The highest BCUT2D eigenvalue weighted by molar-refractivity contribution is 5.65. The molecule has 1 fully saturated rings. The van der Waals surface area contributed by atoms with Gasteiger partial charge in [-0.05, 0) is 24.5 Å². The van der Waals surface area contributed by atoms with Crippen molar-refractivity contribution in [1.82, 2.24) is 0 Å². The van der Waals surface area contributed by atoms with E-state index in [0.29, 0.717) is 11.3 Å². The van der Waals surface area contributed by atoms with Crippen molar-refractivity contribution in [3.8, 4) is 0 Å². The summed E-state index contributed by atoms with van der Waals surface area (Å²) in [6.45, 7) is 1.48. The Morgan fingerprint density at radius 2 is 2.11 bits per heavy atom. The molecule has 3 N–H and O–H groups in total. The van der Waals surface area contributed by atoms with Crippen molar-refractivity contribution in [2.75, 3.05) is 24.6 Å². The Balaban J connectivity index is 2.37. The molecule has 0 amide bonds. The predicted octanol–water partition coefficient (Wildman–Crippen LogP) is 1.19. The van der Waals surface area contributed by atoms with Crippen LogP contribution in [0.2, 0.25) is 0 Å². The number of anilines is 1. The molecule has 0 spiro atoms. The van der Waals surface area contributed by atoms with E-state index in [0.717, 1.165) is 25.9 Å². The summed E-state index contributed by atoms with van der Waals surface area (Å²) in [5, 5.41) is 20.1. The summed E-state index contributed by atoms with van der Waals surface area (Å²) in [6, 6.07) is 4.38. The molecule has 18 heavy (non-hydrogen) atoms. The molecule has 1 aliphatic heterocycles. The maximum Gasteiger partial charge on any atom is 0.292 e. The fraction of sp³-hybridized carbons (Fsp3) is 0.500. The first-order valence-corrected chi connectivity index (χ1v) is 6.03. The van der Waals surface area contributed by atoms with Crippen LogP contribution < -0.4 is 10.6 Å². The van der Waals surface area contributed by atoms with Gasteiger partial charge in [0.15, 0.2) is 0 Å². The highest BCUT2D eigenvalue weighted by Crippen LogP contribution is 2.32. The molecule has 1 aromatic carbocycles. The minimum absolute atomic E-state index is 0.0679. The smallest absolute Gasteiger partial charge is 0.292 e. The van der Waals surface area contributed by atoms with Gasteiger partial charge in [0, 0.05) is 19.2 Å². The van der Waals surface area contributed by atoms with Crippen molar-refractivity contribution >= 4 is 11.4 Å². The summed E-state index contributed by atoms with van der Waals surface area (Å²) in [6.07, 6.45) is 2.13. The van der Waals surface area contributed by atoms with Crippen molar-refractivity contribution in [3.05, 3.63) is 33.9 Å². The van der Waals surface area contributed by atoms with Crippen LogP contribution in [-0.4, -0.2) is 29.7 Å². The molecule has 98 valence electrons. The number of aliphatic hydroxyl groups excluding tert-OH is 1. The molecule has 1 aliphatic rings. The van der Waals surface area contributed by atoms with Crippen LogP contribution in [0.25, 0.3) is 0 Å². The third-order valence-electron chi connectivity index (χ3n) is 3.27. The Morgan fingerprint density at radius 1 is 1.44 bits per heavy atom. The highest BCUT2D eigenvalue weighted by atomic mass is 16.6. The minimum atomic E-state index is -0.573. The number of benzene rings is 1. The number of nitro benzene ring substituents is 1. The Labute approximate surface area is 105 Å². The summed E-state index contributed by atoms with van der Waals surface area (Å²) < 4.78 is 0. The zero-order chi connectivity index (χ0) is 13.1. The zero-order valence-electron chi connectivity index (χ0n) is 10.1. The van der Waals surface area contributed by atoms with E-state index in [1.165, 1.54) is 6.07 Å². The van der Waals surface area contributed by atoms with Gasteiger partial charge >= 0.3 is 0 Å². The van der Waals surface area contributed by atoms with Crippen LogP contribution in [0.5, 0.6) is 0 Å². The molecule has 0 bridgehead atoms. The van der Waals surface area contributed by atoms with E-state index in [1.807, 2.05) is 4.90 Å². The molecule has 1 atom stereocenters. The van der Waals surface area contributed by atoms with Gasteiger partial charge in [-0.15, -0.1) is 0 Å². The molecular weight excluding hydrogens is 234 g/mol. The van der Waals surface area contributed by atoms with Crippen molar-refractivity contribution < 1.29 is 10.0 Å². The Bertz CT molecular complexity index is 444. The van der Waals surface area contributed by atoms with Crippen LogP contribution in [0, 0.1) is 10.1 Å². The summed E-state index contributed by atoms with van der Waals surface area (Å²) in [4.78, 5) is 12.7. The van der Waals surface area contributed by atoms with Crippen molar-refractivity contribution in [2.24, 2.45) is 5.73 Å². The van der Waals surface area contributed by atoms with Crippen LogP contribution >= 0.6 is 0 Å². The van der Waals surface area contributed by atoms with Gasteiger partial charge in [-0.1, -0.05) is 6.07 Å². The summed E-state index contributed by atoms with van der Waals surface area (Å²) in [5.74, 6) is 0. The molecule has 6 nitrogen and oxygen atoms in total. The van der Waals surface area contributed by atoms with Crippen LogP contribution in [0.15, 0.2) is 18.2 Å². The molecule has 0 aliphatic carbocycles. The lowest BCUT2D eigenvalue weighted by molar-refractivity contribution is -0.384. The van der Waals surface area contributed by atoms with Gasteiger partial charge in [0.1, 0.15) is 5.69 Å². The fourth-order valence-electron chi connectivity index (χ4n) is 2.25. The second-order valence-electron chi connectivity index (χ2n) is 4.49. The highest BCUT2D eigenvalue weighted by Gasteiger charge is 2.23. The van der Waals surface area contributed by atoms with Gasteiger partial charge in [-0.25, -0.2) is 0 Å². The first kappa shape index (κ1) is 12.8. The lowest BCUT2D eigenvalue weighted by Gasteiger charge is -2.18. The van der Waals surface area contributed by atoms with E-state index in [-0.39, 0.29) is 17.2 Å². The number of rotatable bonds is 4. The monoisotopic (exact) mass is 251 g/mol. The largest absolute Gasteiger partial charge is 0.394 e. The lowest BCUT2D eigenvalue weighted by atomic mass is 10.1. The number of nitrogens with zero attached hydrogens (tertiary/aromatic N) is 2. The number of nitro groups is 1. The lowest BCUT2D eigenvalue weighted by Crippen LogP contribution is -2.20. The molecule has 1 saturated heterocycles. The van der Waals surface area contributed by atoms with Gasteiger partial charge in [0.05, 0.1) is 17.6 Å². The number of aliphatic hydroxyl groups is 1. The Hall–Kier alpha value is -1.66. The molecular formula is C12H17N3O3. The molecule has 1 heterocycles. The molecule has 0 aromatic heterocycles. The fourth-order valence-corrected chi connectivity index (χ4v) is 2.25.